The van der Waals surface area contributed by atoms with E-state index in [1.54, 1.807) is 13.0 Å². The minimum Gasteiger partial charge on any atom is -0.303 e. The highest BCUT2D eigenvalue weighted by atomic mass is 31.2. The summed E-state index contributed by atoms with van der Waals surface area (Å²) in [5.74, 6) is -0.452. The van der Waals surface area contributed by atoms with Crippen molar-refractivity contribution in [3.8, 4) is 0 Å². The first-order chi connectivity index (χ1) is 7.70. The van der Waals surface area contributed by atoms with E-state index in [0.29, 0.717) is 0 Å². The first-order valence-electron chi connectivity index (χ1n) is 4.97. The maximum atomic E-state index is 10.7. The number of nitro groups is 1. The molecule has 0 radical (unpaired) electrons. The largest absolute Gasteiger partial charge is 0.469 e. The molecule has 2 atom stereocenters. The van der Waals surface area contributed by atoms with Crippen LogP contribution in [0.3, 0.4) is 0 Å². The third-order valence-electron chi connectivity index (χ3n) is 2.52. The van der Waals surface area contributed by atoms with Crippen LogP contribution in [0.4, 0.5) is 0 Å². The molecule has 0 heterocycles. The first kappa shape index (κ1) is 14.1. The molecule has 0 aromatic carbocycles. The Hall–Kier alpha value is -1.01. The maximum Gasteiger partial charge on any atom is 0.469 e. The molecule has 1 aliphatic rings. The van der Waals surface area contributed by atoms with Gasteiger partial charge in [0.25, 0.3) is 5.70 Å². The molecule has 96 valence electrons. The SMILES string of the molecule is CC1=CC=C([N+](=O)[O-])C1CC(C)OP(=O)(O)O. The number of nitrogens with zero attached hydrogens (tertiary/aromatic N) is 1. The number of allylic oxidation sites excluding steroid dienone is 3. The third-order valence-corrected chi connectivity index (χ3v) is 3.15. The van der Waals surface area contributed by atoms with Crippen LogP contribution >= 0.6 is 7.82 Å². The molecule has 8 heteroatoms. The van der Waals surface area contributed by atoms with Crippen molar-refractivity contribution in [2.75, 3.05) is 0 Å². The Morgan fingerprint density at radius 1 is 1.59 bits per heavy atom. The predicted octanol–water partition coefficient (Wildman–Crippen LogP) is 1.61. The summed E-state index contributed by atoms with van der Waals surface area (Å²) in [4.78, 5) is 27.5. The van der Waals surface area contributed by atoms with Gasteiger partial charge in [0.15, 0.2) is 0 Å². The van der Waals surface area contributed by atoms with Crippen LogP contribution in [-0.4, -0.2) is 20.8 Å². The zero-order chi connectivity index (χ0) is 13.2. The van der Waals surface area contributed by atoms with Crippen LogP contribution in [0.15, 0.2) is 23.4 Å². The van der Waals surface area contributed by atoms with E-state index in [2.05, 4.69) is 4.52 Å². The molecule has 0 saturated heterocycles. The standard InChI is InChI=1S/C9H14NO6P/c1-6-3-4-9(10(11)12)8(6)5-7(2)16-17(13,14)15/h3-4,7-8H,5H2,1-2H3,(H2,13,14,15). The van der Waals surface area contributed by atoms with E-state index in [-0.39, 0.29) is 12.1 Å². The molecular formula is C9H14NO6P. The molecular weight excluding hydrogens is 249 g/mol. The van der Waals surface area contributed by atoms with Crippen molar-refractivity contribution < 1.29 is 23.8 Å². The van der Waals surface area contributed by atoms with Crippen molar-refractivity contribution in [1.82, 2.24) is 0 Å². The number of phosphoric acid groups is 1. The van der Waals surface area contributed by atoms with Gasteiger partial charge in [0.1, 0.15) is 0 Å². The Morgan fingerprint density at radius 3 is 2.65 bits per heavy atom. The fraction of sp³-hybridized carbons (Fsp3) is 0.556. The highest BCUT2D eigenvalue weighted by Gasteiger charge is 2.32. The summed E-state index contributed by atoms with van der Waals surface area (Å²) < 4.78 is 15.1. The van der Waals surface area contributed by atoms with Crippen molar-refractivity contribution in [2.24, 2.45) is 5.92 Å². The topological polar surface area (TPSA) is 110 Å². The van der Waals surface area contributed by atoms with Crippen LogP contribution in [0.2, 0.25) is 0 Å². The van der Waals surface area contributed by atoms with Crippen LogP contribution < -0.4 is 0 Å². The van der Waals surface area contributed by atoms with Crippen LogP contribution in [0.1, 0.15) is 20.3 Å². The number of phosphoric ester groups is 1. The summed E-state index contributed by atoms with van der Waals surface area (Å²) in [6.07, 6.45) is 2.45. The highest BCUT2D eigenvalue weighted by Crippen LogP contribution is 2.40. The molecule has 0 saturated carbocycles. The summed E-state index contributed by atoms with van der Waals surface area (Å²) in [5.41, 5.74) is 0.821. The van der Waals surface area contributed by atoms with Crippen molar-refractivity contribution >= 4 is 7.82 Å². The van der Waals surface area contributed by atoms with Gasteiger partial charge in [-0.3, -0.25) is 14.6 Å². The maximum absolute atomic E-state index is 10.7. The zero-order valence-corrected chi connectivity index (χ0v) is 10.3. The van der Waals surface area contributed by atoms with Crippen molar-refractivity contribution in [3.05, 3.63) is 33.5 Å². The molecule has 1 rings (SSSR count). The van der Waals surface area contributed by atoms with E-state index in [1.807, 2.05) is 0 Å². The van der Waals surface area contributed by atoms with Crippen LogP contribution in [-0.2, 0) is 9.09 Å². The predicted molar refractivity (Wildman–Crippen MR) is 59.5 cm³/mol. The lowest BCUT2D eigenvalue weighted by atomic mass is 9.95. The first-order valence-corrected chi connectivity index (χ1v) is 6.50. The Morgan fingerprint density at radius 2 is 2.18 bits per heavy atom. The molecule has 0 aliphatic heterocycles. The molecule has 2 N–H and O–H groups in total. The van der Waals surface area contributed by atoms with Crippen molar-refractivity contribution in [2.45, 2.75) is 26.4 Å². The van der Waals surface area contributed by atoms with Gasteiger partial charge in [-0.25, -0.2) is 4.57 Å². The summed E-state index contributed by atoms with van der Waals surface area (Å²) in [6.45, 7) is 3.21. The second kappa shape index (κ2) is 5.10. The van der Waals surface area contributed by atoms with Crippen LogP contribution in [0.25, 0.3) is 0 Å². The molecule has 17 heavy (non-hydrogen) atoms. The number of hydrogen-bond acceptors (Lipinski definition) is 4. The molecule has 0 aromatic rings. The Bertz CT molecular complexity index is 423. The van der Waals surface area contributed by atoms with Gasteiger partial charge in [-0.15, -0.1) is 0 Å². The van der Waals surface area contributed by atoms with E-state index >= 15 is 0 Å². The van der Waals surface area contributed by atoms with Gasteiger partial charge in [-0.2, -0.15) is 0 Å². The van der Waals surface area contributed by atoms with E-state index in [0.717, 1.165) is 5.57 Å². The number of rotatable bonds is 5. The second-order valence-electron chi connectivity index (χ2n) is 3.95. The van der Waals surface area contributed by atoms with E-state index < -0.39 is 24.8 Å². The smallest absolute Gasteiger partial charge is 0.303 e. The quantitative estimate of drug-likeness (QED) is 0.443. The normalized spacial score (nSPS) is 22.0. The molecule has 0 fully saturated rings. The summed E-state index contributed by atoms with van der Waals surface area (Å²) in [5, 5.41) is 10.7. The molecule has 1 aliphatic carbocycles. The Labute approximate surface area is 98.2 Å². The molecule has 0 aromatic heterocycles. The summed E-state index contributed by atoms with van der Waals surface area (Å²) >= 11 is 0. The van der Waals surface area contributed by atoms with Crippen LogP contribution in [0, 0.1) is 16.0 Å². The highest BCUT2D eigenvalue weighted by molar-refractivity contribution is 7.46. The summed E-state index contributed by atoms with van der Waals surface area (Å²) in [6, 6.07) is 0. The third kappa shape index (κ3) is 4.05. The van der Waals surface area contributed by atoms with Gasteiger partial charge in [0.05, 0.1) is 16.9 Å². The molecule has 2 unspecified atom stereocenters. The Balaban J connectivity index is 2.67. The van der Waals surface area contributed by atoms with Gasteiger partial charge in [0, 0.05) is 6.08 Å². The van der Waals surface area contributed by atoms with Crippen LogP contribution in [0.5, 0.6) is 0 Å². The zero-order valence-electron chi connectivity index (χ0n) is 9.44. The Kier molecular flexibility index (Phi) is 4.21. The van der Waals surface area contributed by atoms with E-state index in [1.165, 1.54) is 13.0 Å². The molecule has 0 spiro atoms. The second-order valence-corrected chi connectivity index (χ2v) is 5.15. The van der Waals surface area contributed by atoms with Gasteiger partial charge >= 0.3 is 7.82 Å². The fourth-order valence-corrected chi connectivity index (χ4v) is 2.34. The van der Waals surface area contributed by atoms with Gasteiger partial charge in [-0.1, -0.05) is 11.6 Å². The average Bonchev–Trinajstić information content (AvgIpc) is 2.44. The lowest BCUT2D eigenvalue weighted by Crippen LogP contribution is -2.17. The lowest BCUT2D eigenvalue weighted by Gasteiger charge is -2.18. The number of hydrogen-bond donors (Lipinski definition) is 2. The lowest BCUT2D eigenvalue weighted by molar-refractivity contribution is -0.432. The summed E-state index contributed by atoms with van der Waals surface area (Å²) in [7, 11) is -4.55. The fourth-order valence-electron chi connectivity index (χ4n) is 1.79. The van der Waals surface area contributed by atoms with E-state index in [4.69, 9.17) is 9.79 Å². The van der Waals surface area contributed by atoms with Gasteiger partial charge < -0.3 is 9.79 Å². The average molecular weight is 263 g/mol. The van der Waals surface area contributed by atoms with Crippen molar-refractivity contribution in [3.63, 3.8) is 0 Å². The molecule has 7 nitrogen and oxygen atoms in total. The molecule has 0 bridgehead atoms. The minimum absolute atomic E-state index is 0.0312. The van der Waals surface area contributed by atoms with Gasteiger partial charge in [-0.05, 0) is 20.3 Å². The van der Waals surface area contributed by atoms with Crippen molar-refractivity contribution in [1.29, 1.82) is 0 Å². The van der Waals surface area contributed by atoms with E-state index in [9.17, 15) is 14.7 Å². The minimum atomic E-state index is -4.55. The van der Waals surface area contributed by atoms with Gasteiger partial charge in [0.2, 0.25) is 0 Å². The molecule has 0 amide bonds. The monoisotopic (exact) mass is 263 g/mol.